The number of halogens is 1. The number of nitrogens with two attached hydrogens (primary N) is 1. The molecule has 0 radical (unpaired) electrons. The molecule has 1 aromatic heterocycles. The number of hydrogen-bond acceptors (Lipinski definition) is 5. The lowest BCUT2D eigenvalue weighted by Crippen LogP contribution is -2.16. The minimum absolute atomic E-state index is 0.208. The van der Waals surface area contributed by atoms with Gasteiger partial charge in [-0.3, -0.25) is 0 Å². The van der Waals surface area contributed by atoms with Crippen LogP contribution in [0, 0.1) is 0 Å². The molecule has 5 nitrogen and oxygen atoms in total. The highest BCUT2D eigenvalue weighted by Gasteiger charge is 2.22. The standard InChI is InChI=1S/C13H14ClN3O2/c14-9-3-4-10(11(15)6-9)13-16-12(17-19-13)8-2-1-5-18-7-8/h3-4,6,8H,1-2,5,7,15H2. The molecule has 0 aliphatic carbocycles. The quantitative estimate of drug-likeness (QED) is 0.856. The molecule has 1 unspecified atom stereocenters. The summed E-state index contributed by atoms with van der Waals surface area (Å²) >= 11 is 5.87. The SMILES string of the molecule is Nc1cc(Cl)ccc1-c1nc(C2CCCOC2)no1. The van der Waals surface area contributed by atoms with Gasteiger partial charge < -0.3 is 15.0 Å². The maximum atomic E-state index is 5.90. The lowest BCUT2D eigenvalue weighted by atomic mass is 10.0. The van der Waals surface area contributed by atoms with Crippen molar-refractivity contribution in [3.63, 3.8) is 0 Å². The Morgan fingerprint density at radius 3 is 3.00 bits per heavy atom. The van der Waals surface area contributed by atoms with Crippen LogP contribution >= 0.6 is 11.6 Å². The van der Waals surface area contributed by atoms with Crippen molar-refractivity contribution in [1.29, 1.82) is 0 Å². The van der Waals surface area contributed by atoms with E-state index >= 15 is 0 Å². The van der Waals surface area contributed by atoms with Crippen molar-refractivity contribution >= 4 is 17.3 Å². The van der Waals surface area contributed by atoms with E-state index in [4.69, 9.17) is 26.6 Å². The van der Waals surface area contributed by atoms with E-state index in [9.17, 15) is 0 Å². The molecule has 19 heavy (non-hydrogen) atoms. The maximum Gasteiger partial charge on any atom is 0.260 e. The monoisotopic (exact) mass is 279 g/mol. The summed E-state index contributed by atoms with van der Waals surface area (Å²) in [5.41, 5.74) is 7.14. The van der Waals surface area contributed by atoms with E-state index in [1.54, 1.807) is 18.2 Å². The molecule has 0 bridgehead atoms. The van der Waals surface area contributed by atoms with Gasteiger partial charge in [0.1, 0.15) is 0 Å². The third kappa shape index (κ3) is 2.57. The molecule has 1 aromatic carbocycles. The van der Waals surface area contributed by atoms with E-state index in [0.717, 1.165) is 19.4 Å². The molecule has 2 N–H and O–H groups in total. The van der Waals surface area contributed by atoms with Crippen molar-refractivity contribution in [2.24, 2.45) is 0 Å². The van der Waals surface area contributed by atoms with Crippen LogP contribution in [0.25, 0.3) is 11.5 Å². The second kappa shape index (κ2) is 5.19. The molecule has 3 rings (SSSR count). The molecule has 2 heterocycles. The highest BCUT2D eigenvalue weighted by molar-refractivity contribution is 6.31. The molecular weight excluding hydrogens is 266 g/mol. The third-order valence-corrected chi connectivity index (χ3v) is 3.45. The summed E-state index contributed by atoms with van der Waals surface area (Å²) in [6.45, 7) is 1.46. The Hall–Kier alpha value is -1.59. The summed E-state index contributed by atoms with van der Waals surface area (Å²) in [5.74, 6) is 1.32. The first-order chi connectivity index (χ1) is 9.24. The van der Waals surface area contributed by atoms with E-state index < -0.39 is 0 Å². The second-order valence-electron chi connectivity index (χ2n) is 4.60. The van der Waals surface area contributed by atoms with Crippen LogP contribution in [0.5, 0.6) is 0 Å². The number of rotatable bonds is 2. The zero-order chi connectivity index (χ0) is 13.2. The van der Waals surface area contributed by atoms with Gasteiger partial charge in [-0.15, -0.1) is 0 Å². The lowest BCUT2D eigenvalue weighted by Gasteiger charge is -2.18. The Bertz CT molecular complexity index is 579. The van der Waals surface area contributed by atoms with E-state index in [1.807, 2.05) is 0 Å². The third-order valence-electron chi connectivity index (χ3n) is 3.21. The topological polar surface area (TPSA) is 74.2 Å². The summed E-state index contributed by atoms with van der Waals surface area (Å²) in [5, 5.41) is 4.61. The van der Waals surface area contributed by atoms with Gasteiger partial charge in [-0.2, -0.15) is 4.98 Å². The Morgan fingerprint density at radius 2 is 2.26 bits per heavy atom. The first kappa shape index (κ1) is 12.4. The zero-order valence-electron chi connectivity index (χ0n) is 10.3. The Morgan fingerprint density at radius 1 is 1.37 bits per heavy atom. The summed E-state index contributed by atoms with van der Waals surface area (Å²) in [4.78, 5) is 4.41. The van der Waals surface area contributed by atoms with E-state index in [-0.39, 0.29) is 5.92 Å². The molecule has 100 valence electrons. The Kier molecular flexibility index (Phi) is 3.40. The van der Waals surface area contributed by atoms with Gasteiger partial charge >= 0.3 is 0 Å². The van der Waals surface area contributed by atoms with Crippen molar-refractivity contribution in [2.75, 3.05) is 18.9 Å². The highest BCUT2D eigenvalue weighted by Crippen LogP contribution is 2.29. The fourth-order valence-corrected chi connectivity index (χ4v) is 2.36. The largest absolute Gasteiger partial charge is 0.398 e. The molecule has 1 atom stereocenters. The van der Waals surface area contributed by atoms with E-state index in [2.05, 4.69) is 10.1 Å². The highest BCUT2D eigenvalue weighted by atomic mass is 35.5. The van der Waals surface area contributed by atoms with E-state index in [0.29, 0.717) is 34.6 Å². The van der Waals surface area contributed by atoms with Crippen molar-refractivity contribution in [3.05, 3.63) is 29.0 Å². The van der Waals surface area contributed by atoms with Crippen LogP contribution in [0.4, 0.5) is 5.69 Å². The van der Waals surface area contributed by atoms with Crippen LogP contribution in [0.3, 0.4) is 0 Å². The molecule has 0 spiro atoms. The normalized spacial score (nSPS) is 19.5. The van der Waals surface area contributed by atoms with Gasteiger partial charge in [-0.1, -0.05) is 16.8 Å². The second-order valence-corrected chi connectivity index (χ2v) is 5.04. The van der Waals surface area contributed by atoms with Gasteiger partial charge in [0, 0.05) is 23.2 Å². The number of aromatic nitrogens is 2. The van der Waals surface area contributed by atoms with Gasteiger partial charge in [0.2, 0.25) is 0 Å². The number of benzene rings is 1. The Labute approximate surface area is 115 Å². The fraction of sp³-hybridized carbons (Fsp3) is 0.385. The minimum Gasteiger partial charge on any atom is -0.398 e. The van der Waals surface area contributed by atoms with Gasteiger partial charge in [-0.25, -0.2) is 0 Å². The van der Waals surface area contributed by atoms with Crippen LogP contribution in [0.1, 0.15) is 24.6 Å². The molecule has 1 fully saturated rings. The van der Waals surface area contributed by atoms with E-state index in [1.165, 1.54) is 0 Å². The average Bonchev–Trinajstić information content (AvgIpc) is 2.89. The number of nitrogens with zero attached hydrogens (tertiary/aromatic N) is 2. The van der Waals surface area contributed by atoms with Crippen molar-refractivity contribution in [3.8, 4) is 11.5 Å². The maximum absolute atomic E-state index is 5.90. The predicted molar refractivity (Wildman–Crippen MR) is 72.0 cm³/mol. The molecule has 2 aromatic rings. The van der Waals surface area contributed by atoms with Crippen LogP contribution in [-0.2, 0) is 4.74 Å². The van der Waals surface area contributed by atoms with Crippen molar-refractivity contribution in [2.45, 2.75) is 18.8 Å². The molecule has 0 amide bonds. The van der Waals surface area contributed by atoms with Crippen molar-refractivity contribution < 1.29 is 9.26 Å². The smallest absolute Gasteiger partial charge is 0.260 e. The molecule has 1 saturated heterocycles. The minimum atomic E-state index is 0.208. The Balaban J connectivity index is 1.87. The molecule has 1 aliphatic rings. The first-order valence-corrected chi connectivity index (χ1v) is 6.58. The number of hydrogen-bond donors (Lipinski definition) is 1. The van der Waals surface area contributed by atoms with Gasteiger partial charge in [0.05, 0.1) is 12.2 Å². The van der Waals surface area contributed by atoms with Crippen LogP contribution in [0.15, 0.2) is 22.7 Å². The van der Waals surface area contributed by atoms with Crippen LogP contribution < -0.4 is 5.73 Å². The fourth-order valence-electron chi connectivity index (χ4n) is 2.18. The van der Waals surface area contributed by atoms with Crippen LogP contribution in [-0.4, -0.2) is 23.4 Å². The molecular formula is C13H14ClN3O2. The molecule has 1 aliphatic heterocycles. The summed E-state index contributed by atoms with van der Waals surface area (Å²) in [6.07, 6.45) is 2.05. The number of nitrogen functional groups attached to an aromatic ring is 1. The first-order valence-electron chi connectivity index (χ1n) is 6.21. The molecule has 0 saturated carbocycles. The zero-order valence-corrected chi connectivity index (χ0v) is 11.1. The predicted octanol–water partition coefficient (Wildman–Crippen LogP) is 2.87. The van der Waals surface area contributed by atoms with Gasteiger partial charge in [0.15, 0.2) is 5.82 Å². The van der Waals surface area contributed by atoms with Gasteiger partial charge in [0.25, 0.3) is 5.89 Å². The number of anilines is 1. The van der Waals surface area contributed by atoms with Gasteiger partial charge in [-0.05, 0) is 31.0 Å². The summed E-state index contributed by atoms with van der Waals surface area (Å²) in [6, 6.07) is 5.21. The summed E-state index contributed by atoms with van der Waals surface area (Å²) in [7, 11) is 0. The molecule has 6 heteroatoms. The number of ether oxygens (including phenoxy) is 1. The lowest BCUT2D eigenvalue weighted by molar-refractivity contribution is 0.0773. The van der Waals surface area contributed by atoms with Crippen LogP contribution in [0.2, 0.25) is 5.02 Å². The average molecular weight is 280 g/mol. The summed E-state index contributed by atoms with van der Waals surface area (Å²) < 4.78 is 10.7. The van der Waals surface area contributed by atoms with Crippen molar-refractivity contribution in [1.82, 2.24) is 10.1 Å².